The van der Waals surface area contributed by atoms with Crippen molar-refractivity contribution in [3.63, 3.8) is 0 Å². The number of hydrogen-bond donors (Lipinski definition) is 2. The summed E-state index contributed by atoms with van der Waals surface area (Å²) >= 11 is 0. The molecule has 0 spiro atoms. The molecular formula is C20H17N3O4. The number of fused-ring (bicyclic) bond motifs is 1. The molecule has 0 radical (unpaired) electrons. The zero-order valence-corrected chi connectivity index (χ0v) is 14.6. The molecule has 0 atom stereocenters. The van der Waals surface area contributed by atoms with Gasteiger partial charge in [-0.25, -0.2) is 4.79 Å². The summed E-state index contributed by atoms with van der Waals surface area (Å²) < 4.78 is 4.64. The van der Waals surface area contributed by atoms with Crippen LogP contribution in [0.1, 0.15) is 16.8 Å². The molecule has 0 unspecified atom stereocenters. The van der Waals surface area contributed by atoms with E-state index in [9.17, 15) is 14.4 Å². The van der Waals surface area contributed by atoms with Crippen molar-refractivity contribution in [1.82, 2.24) is 4.98 Å². The summed E-state index contributed by atoms with van der Waals surface area (Å²) in [5.74, 6) is -1.47. The smallest absolute Gasteiger partial charge is 0.337 e. The Morgan fingerprint density at radius 1 is 0.963 bits per heavy atom. The van der Waals surface area contributed by atoms with Gasteiger partial charge in [0.15, 0.2) is 0 Å². The predicted molar refractivity (Wildman–Crippen MR) is 101 cm³/mol. The lowest BCUT2D eigenvalue weighted by atomic mass is 10.2. The minimum absolute atomic E-state index is 0.307. The number of anilines is 2. The van der Waals surface area contributed by atoms with Crippen LogP contribution in [0, 0.1) is 0 Å². The quantitative estimate of drug-likeness (QED) is 0.536. The lowest BCUT2D eigenvalue weighted by Gasteiger charge is -2.09. The van der Waals surface area contributed by atoms with Gasteiger partial charge in [0.25, 0.3) is 0 Å². The van der Waals surface area contributed by atoms with Crippen LogP contribution in [0.25, 0.3) is 10.9 Å². The Morgan fingerprint density at radius 3 is 2.52 bits per heavy atom. The highest BCUT2D eigenvalue weighted by Crippen LogP contribution is 2.20. The Labute approximate surface area is 155 Å². The third-order valence-electron chi connectivity index (χ3n) is 3.80. The van der Waals surface area contributed by atoms with Gasteiger partial charge in [-0.3, -0.25) is 14.6 Å². The van der Waals surface area contributed by atoms with E-state index in [1.807, 2.05) is 18.2 Å². The number of para-hydroxylation sites is 1. The molecule has 1 heterocycles. The molecule has 0 saturated carbocycles. The van der Waals surface area contributed by atoms with Gasteiger partial charge < -0.3 is 15.4 Å². The second kappa shape index (κ2) is 8.09. The Balaban J connectivity index is 1.64. The van der Waals surface area contributed by atoms with Crippen molar-refractivity contribution < 1.29 is 19.1 Å². The number of esters is 1. The highest BCUT2D eigenvalue weighted by Gasteiger charge is 2.13. The van der Waals surface area contributed by atoms with Crippen LogP contribution in [-0.4, -0.2) is 29.9 Å². The van der Waals surface area contributed by atoms with Crippen molar-refractivity contribution in [1.29, 1.82) is 0 Å². The fourth-order valence-electron chi connectivity index (χ4n) is 2.59. The third kappa shape index (κ3) is 4.46. The molecule has 27 heavy (non-hydrogen) atoms. The molecule has 3 rings (SSSR count). The Kier molecular flexibility index (Phi) is 5.41. The summed E-state index contributed by atoms with van der Waals surface area (Å²) in [5.41, 5.74) is 1.90. The number of carbonyl (C=O) groups is 3. The monoisotopic (exact) mass is 363 g/mol. The maximum Gasteiger partial charge on any atom is 0.337 e. The largest absolute Gasteiger partial charge is 0.465 e. The average Bonchev–Trinajstić information content (AvgIpc) is 2.67. The highest BCUT2D eigenvalue weighted by atomic mass is 16.5. The number of nitrogens with zero attached hydrogens (tertiary/aromatic N) is 1. The molecule has 2 aromatic carbocycles. The normalized spacial score (nSPS) is 10.3. The number of nitrogens with one attached hydrogen (secondary N) is 2. The van der Waals surface area contributed by atoms with E-state index >= 15 is 0 Å². The lowest BCUT2D eigenvalue weighted by Crippen LogP contribution is -2.21. The molecule has 0 aliphatic carbocycles. The second-order valence-electron chi connectivity index (χ2n) is 5.73. The van der Waals surface area contributed by atoms with Gasteiger partial charge in [0.05, 0.1) is 23.9 Å². The zero-order chi connectivity index (χ0) is 19.2. The van der Waals surface area contributed by atoms with E-state index in [0.717, 1.165) is 5.39 Å². The minimum atomic E-state index is -0.507. The van der Waals surface area contributed by atoms with Crippen LogP contribution in [0.15, 0.2) is 60.8 Å². The fourth-order valence-corrected chi connectivity index (χ4v) is 2.59. The van der Waals surface area contributed by atoms with Crippen LogP contribution in [-0.2, 0) is 14.3 Å². The van der Waals surface area contributed by atoms with Crippen LogP contribution in [0.2, 0.25) is 0 Å². The van der Waals surface area contributed by atoms with Gasteiger partial charge in [0, 0.05) is 17.3 Å². The first-order valence-corrected chi connectivity index (χ1v) is 8.18. The summed E-state index contributed by atoms with van der Waals surface area (Å²) in [5, 5.41) is 6.18. The minimum Gasteiger partial charge on any atom is -0.465 e. The molecule has 136 valence electrons. The molecule has 0 fully saturated rings. The predicted octanol–water partition coefficient (Wildman–Crippen LogP) is 2.99. The zero-order valence-electron chi connectivity index (χ0n) is 14.6. The molecule has 1 aromatic heterocycles. The summed E-state index contributed by atoms with van der Waals surface area (Å²) in [6.07, 6.45) is 1.27. The van der Waals surface area contributed by atoms with Gasteiger partial charge in [-0.15, -0.1) is 0 Å². The highest BCUT2D eigenvalue weighted by molar-refractivity contribution is 6.10. The first-order valence-electron chi connectivity index (χ1n) is 8.18. The molecule has 3 aromatic rings. The standard InChI is InChI=1S/C20H17N3O4/c1-27-20(26)14-6-2-8-15(11-14)22-17(24)12-18(25)23-16-9-3-5-13-7-4-10-21-19(13)16/h2-11H,12H2,1H3,(H,22,24)(H,23,25). The number of rotatable bonds is 5. The van der Waals surface area contributed by atoms with E-state index in [0.29, 0.717) is 22.5 Å². The van der Waals surface area contributed by atoms with E-state index in [4.69, 9.17) is 0 Å². The number of pyridine rings is 1. The van der Waals surface area contributed by atoms with Crippen LogP contribution in [0.5, 0.6) is 0 Å². The second-order valence-corrected chi connectivity index (χ2v) is 5.73. The molecule has 7 heteroatoms. The summed E-state index contributed by atoms with van der Waals surface area (Å²) in [4.78, 5) is 40.1. The summed E-state index contributed by atoms with van der Waals surface area (Å²) in [6.45, 7) is 0. The van der Waals surface area contributed by atoms with Gasteiger partial charge in [0.2, 0.25) is 11.8 Å². The lowest BCUT2D eigenvalue weighted by molar-refractivity contribution is -0.123. The van der Waals surface area contributed by atoms with Crippen molar-refractivity contribution in [2.45, 2.75) is 6.42 Å². The maximum absolute atomic E-state index is 12.2. The van der Waals surface area contributed by atoms with Crippen LogP contribution < -0.4 is 10.6 Å². The number of ether oxygens (including phenoxy) is 1. The summed E-state index contributed by atoms with van der Waals surface area (Å²) in [7, 11) is 1.28. The number of aromatic nitrogens is 1. The first kappa shape index (κ1) is 18.1. The van der Waals surface area contributed by atoms with Gasteiger partial charge >= 0.3 is 5.97 Å². The third-order valence-corrected chi connectivity index (χ3v) is 3.80. The van der Waals surface area contributed by atoms with Gasteiger partial charge in [0.1, 0.15) is 6.42 Å². The van der Waals surface area contributed by atoms with E-state index < -0.39 is 17.8 Å². The van der Waals surface area contributed by atoms with Crippen LogP contribution in [0.3, 0.4) is 0 Å². The van der Waals surface area contributed by atoms with Crippen molar-refractivity contribution in [2.24, 2.45) is 0 Å². The van der Waals surface area contributed by atoms with E-state index in [-0.39, 0.29) is 6.42 Å². The molecule has 0 bridgehead atoms. The van der Waals surface area contributed by atoms with Crippen LogP contribution >= 0.6 is 0 Å². The van der Waals surface area contributed by atoms with Crippen LogP contribution in [0.4, 0.5) is 11.4 Å². The Morgan fingerprint density at radius 2 is 1.70 bits per heavy atom. The molecular weight excluding hydrogens is 346 g/mol. The Bertz CT molecular complexity index is 1010. The Hall–Kier alpha value is -3.74. The fraction of sp³-hybridized carbons (Fsp3) is 0.100. The number of benzene rings is 2. The van der Waals surface area contributed by atoms with Gasteiger partial charge in [-0.2, -0.15) is 0 Å². The van der Waals surface area contributed by atoms with E-state index in [1.165, 1.54) is 13.2 Å². The topological polar surface area (TPSA) is 97.4 Å². The number of hydrogen-bond acceptors (Lipinski definition) is 5. The molecule has 0 aliphatic heterocycles. The number of methoxy groups -OCH3 is 1. The molecule has 2 N–H and O–H groups in total. The van der Waals surface area contributed by atoms with Gasteiger partial charge in [-0.1, -0.05) is 24.3 Å². The summed E-state index contributed by atoms with van der Waals surface area (Å²) in [6, 6.07) is 15.4. The number of amides is 2. The SMILES string of the molecule is COC(=O)c1cccc(NC(=O)CC(=O)Nc2cccc3cccnc23)c1. The van der Waals surface area contributed by atoms with Crippen molar-refractivity contribution in [3.8, 4) is 0 Å². The van der Waals surface area contributed by atoms with Crippen molar-refractivity contribution >= 4 is 40.1 Å². The molecule has 7 nitrogen and oxygen atoms in total. The number of carbonyl (C=O) groups excluding carboxylic acids is 3. The molecule has 2 amide bonds. The van der Waals surface area contributed by atoms with Crippen molar-refractivity contribution in [2.75, 3.05) is 17.7 Å². The van der Waals surface area contributed by atoms with Gasteiger partial charge in [-0.05, 0) is 30.3 Å². The molecule has 0 aliphatic rings. The van der Waals surface area contributed by atoms with Crippen molar-refractivity contribution in [3.05, 3.63) is 66.4 Å². The molecule has 0 saturated heterocycles. The van der Waals surface area contributed by atoms with E-state index in [1.54, 1.807) is 36.5 Å². The first-order chi connectivity index (χ1) is 13.1. The maximum atomic E-state index is 12.2. The van der Waals surface area contributed by atoms with E-state index in [2.05, 4.69) is 20.4 Å². The average molecular weight is 363 g/mol.